The van der Waals surface area contributed by atoms with E-state index >= 15 is 0 Å². The Morgan fingerprint density at radius 3 is 2.71 bits per heavy atom. The van der Waals surface area contributed by atoms with Gasteiger partial charge in [0.15, 0.2) is 0 Å². The average Bonchev–Trinajstić information content (AvgIpc) is 2.87. The van der Waals surface area contributed by atoms with Crippen LogP contribution in [-0.2, 0) is 11.2 Å². The molecule has 3 N–H and O–H groups in total. The zero-order chi connectivity index (χ0) is 15.1. The van der Waals surface area contributed by atoms with Gasteiger partial charge in [-0.15, -0.1) is 11.3 Å². The Balaban J connectivity index is 1.69. The van der Waals surface area contributed by atoms with Crippen molar-refractivity contribution in [3.63, 3.8) is 0 Å². The van der Waals surface area contributed by atoms with Gasteiger partial charge in [-0.3, -0.25) is 4.79 Å². The fourth-order valence-corrected chi connectivity index (χ4v) is 3.04. The summed E-state index contributed by atoms with van der Waals surface area (Å²) in [5, 5.41) is 17.3. The number of carboxylic acid groups (broad SMARTS) is 1. The first kappa shape index (κ1) is 15.3. The number of aliphatic carboxylic acids is 1. The molecule has 0 radical (unpaired) electrons. The van der Waals surface area contributed by atoms with Crippen LogP contribution < -0.4 is 10.6 Å². The van der Waals surface area contributed by atoms with Gasteiger partial charge in [-0.2, -0.15) is 0 Å². The molecule has 1 aromatic carbocycles. The van der Waals surface area contributed by atoms with Crippen molar-refractivity contribution in [1.82, 2.24) is 10.6 Å². The summed E-state index contributed by atoms with van der Waals surface area (Å²) in [5.74, 6) is -0.846. The molecule has 0 atom stereocenters. The third-order valence-corrected chi connectivity index (χ3v) is 4.11. The number of urea groups is 1. The van der Waals surface area contributed by atoms with Crippen molar-refractivity contribution >= 4 is 33.4 Å². The maximum Gasteiger partial charge on any atom is 0.314 e. The molecule has 0 spiro atoms. The van der Waals surface area contributed by atoms with E-state index in [1.165, 1.54) is 15.6 Å². The topological polar surface area (TPSA) is 78.4 Å². The van der Waals surface area contributed by atoms with Gasteiger partial charge in [-0.25, -0.2) is 4.79 Å². The molecule has 0 saturated heterocycles. The average molecular weight is 306 g/mol. The van der Waals surface area contributed by atoms with Crippen molar-refractivity contribution in [2.24, 2.45) is 0 Å². The minimum Gasteiger partial charge on any atom is -0.481 e. The molecule has 2 amide bonds. The minimum absolute atomic E-state index is 0.0706. The van der Waals surface area contributed by atoms with Crippen LogP contribution in [0.2, 0.25) is 0 Å². The molecular formula is C15H18N2O3S. The summed E-state index contributed by atoms with van der Waals surface area (Å²) in [4.78, 5) is 21.8. The molecule has 21 heavy (non-hydrogen) atoms. The molecule has 2 rings (SSSR count). The minimum atomic E-state index is -0.846. The summed E-state index contributed by atoms with van der Waals surface area (Å²) >= 11 is 1.71. The number of hydrogen-bond acceptors (Lipinski definition) is 3. The van der Waals surface area contributed by atoms with Crippen LogP contribution in [0.15, 0.2) is 29.6 Å². The quantitative estimate of drug-likeness (QED) is 0.688. The van der Waals surface area contributed by atoms with Crippen molar-refractivity contribution in [3.05, 3.63) is 35.2 Å². The lowest BCUT2D eigenvalue weighted by atomic mass is 10.1. The number of benzene rings is 1. The normalized spacial score (nSPS) is 10.5. The van der Waals surface area contributed by atoms with E-state index in [0.717, 1.165) is 6.42 Å². The smallest absolute Gasteiger partial charge is 0.314 e. The predicted molar refractivity (Wildman–Crippen MR) is 83.8 cm³/mol. The summed E-state index contributed by atoms with van der Waals surface area (Å²) in [6.07, 6.45) is 1.30. The van der Waals surface area contributed by atoms with Gasteiger partial charge in [0.1, 0.15) is 0 Å². The summed E-state index contributed by atoms with van der Waals surface area (Å²) < 4.78 is 1.26. The van der Waals surface area contributed by atoms with E-state index < -0.39 is 5.97 Å². The van der Waals surface area contributed by atoms with Gasteiger partial charge in [0, 0.05) is 24.2 Å². The second-order valence-electron chi connectivity index (χ2n) is 4.69. The summed E-state index contributed by atoms with van der Waals surface area (Å²) in [6, 6.07) is 7.96. The number of fused-ring (bicyclic) bond motifs is 1. The number of hydrogen-bond donors (Lipinski definition) is 3. The lowest BCUT2D eigenvalue weighted by molar-refractivity contribution is -0.137. The Morgan fingerprint density at radius 1 is 1.14 bits per heavy atom. The molecule has 1 aromatic heterocycles. The fraction of sp³-hybridized carbons (Fsp3) is 0.333. The molecule has 1 heterocycles. The van der Waals surface area contributed by atoms with E-state index in [2.05, 4.69) is 28.1 Å². The molecule has 112 valence electrons. The van der Waals surface area contributed by atoms with Crippen LogP contribution in [0.5, 0.6) is 0 Å². The zero-order valence-corrected chi connectivity index (χ0v) is 12.4. The zero-order valence-electron chi connectivity index (χ0n) is 11.6. The highest BCUT2D eigenvalue weighted by Crippen LogP contribution is 2.25. The van der Waals surface area contributed by atoms with Gasteiger partial charge in [-0.05, 0) is 35.2 Å². The summed E-state index contributed by atoms with van der Waals surface area (Å²) in [6.45, 7) is 0.936. The van der Waals surface area contributed by atoms with Crippen LogP contribution >= 0.6 is 11.3 Å². The molecule has 2 aromatic rings. The predicted octanol–water partition coefficient (Wildman–Crippen LogP) is 2.61. The molecule has 5 nitrogen and oxygen atoms in total. The van der Waals surface area contributed by atoms with E-state index in [1.54, 1.807) is 11.3 Å². The summed E-state index contributed by atoms with van der Waals surface area (Å²) in [5.41, 5.74) is 1.24. The van der Waals surface area contributed by atoms with Crippen LogP contribution in [0.1, 0.15) is 18.4 Å². The Morgan fingerprint density at radius 2 is 1.90 bits per heavy atom. The Kier molecular flexibility index (Phi) is 5.57. The molecule has 0 bridgehead atoms. The Bertz CT molecular complexity index is 624. The highest BCUT2D eigenvalue weighted by molar-refractivity contribution is 7.17. The lowest BCUT2D eigenvalue weighted by Crippen LogP contribution is -2.37. The molecule has 0 fully saturated rings. The van der Waals surface area contributed by atoms with Gasteiger partial charge < -0.3 is 15.7 Å². The molecule has 0 aliphatic carbocycles. The van der Waals surface area contributed by atoms with E-state index in [9.17, 15) is 9.59 Å². The van der Waals surface area contributed by atoms with Crippen molar-refractivity contribution in [2.45, 2.75) is 19.3 Å². The highest BCUT2D eigenvalue weighted by atomic mass is 32.1. The SMILES string of the molecule is O=C(O)CCCNC(=O)NCCc1csc2ccccc12. The van der Waals surface area contributed by atoms with Crippen molar-refractivity contribution < 1.29 is 14.7 Å². The van der Waals surface area contributed by atoms with Gasteiger partial charge in [-0.1, -0.05) is 18.2 Å². The summed E-state index contributed by atoms with van der Waals surface area (Å²) in [7, 11) is 0. The molecule has 0 unspecified atom stereocenters. The third-order valence-electron chi connectivity index (χ3n) is 3.09. The Labute approximate surface area is 127 Å². The molecule has 0 saturated carbocycles. The van der Waals surface area contributed by atoms with E-state index in [0.29, 0.717) is 19.5 Å². The first-order chi connectivity index (χ1) is 10.2. The van der Waals surface area contributed by atoms with Gasteiger partial charge in [0.05, 0.1) is 0 Å². The number of nitrogens with one attached hydrogen (secondary N) is 2. The maximum atomic E-state index is 11.5. The monoisotopic (exact) mass is 306 g/mol. The number of carbonyl (C=O) groups is 2. The first-order valence-electron chi connectivity index (χ1n) is 6.85. The fourth-order valence-electron chi connectivity index (χ4n) is 2.04. The first-order valence-corrected chi connectivity index (χ1v) is 7.73. The van der Waals surface area contributed by atoms with E-state index in [-0.39, 0.29) is 12.5 Å². The van der Waals surface area contributed by atoms with Crippen LogP contribution in [-0.4, -0.2) is 30.2 Å². The number of carbonyl (C=O) groups excluding carboxylic acids is 1. The number of carboxylic acids is 1. The number of amides is 2. The standard InChI is InChI=1S/C15H18N2O3S/c18-14(19)6-3-8-16-15(20)17-9-7-11-10-21-13-5-2-1-4-12(11)13/h1-2,4-5,10H,3,6-9H2,(H,18,19)(H2,16,17,20). The van der Waals surface area contributed by atoms with Crippen molar-refractivity contribution in [2.75, 3.05) is 13.1 Å². The van der Waals surface area contributed by atoms with Gasteiger partial charge >= 0.3 is 12.0 Å². The highest BCUT2D eigenvalue weighted by Gasteiger charge is 2.04. The van der Waals surface area contributed by atoms with E-state index in [4.69, 9.17) is 5.11 Å². The largest absolute Gasteiger partial charge is 0.481 e. The van der Waals surface area contributed by atoms with Gasteiger partial charge in [0.25, 0.3) is 0 Å². The van der Waals surface area contributed by atoms with Crippen LogP contribution in [0.25, 0.3) is 10.1 Å². The van der Waals surface area contributed by atoms with Crippen LogP contribution in [0, 0.1) is 0 Å². The van der Waals surface area contributed by atoms with Crippen LogP contribution in [0.3, 0.4) is 0 Å². The molecule has 0 aliphatic rings. The second-order valence-corrected chi connectivity index (χ2v) is 5.60. The second kappa shape index (κ2) is 7.64. The third kappa shape index (κ3) is 4.75. The number of thiophene rings is 1. The molecule has 0 aliphatic heterocycles. The lowest BCUT2D eigenvalue weighted by Gasteiger charge is -2.06. The van der Waals surface area contributed by atoms with Crippen molar-refractivity contribution in [1.29, 1.82) is 0 Å². The van der Waals surface area contributed by atoms with E-state index in [1.807, 2.05) is 12.1 Å². The van der Waals surface area contributed by atoms with Crippen LogP contribution in [0.4, 0.5) is 4.79 Å². The molecule has 6 heteroatoms. The van der Waals surface area contributed by atoms with Crippen molar-refractivity contribution in [3.8, 4) is 0 Å². The maximum absolute atomic E-state index is 11.5. The number of rotatable bonds is 7. The molecular weight excluding hydrogens is 288 g/mol. The Hall–Kier alpha value is -2.08. The van der Waals surface area contributed by atoms with Gasteiger partial charge in [0.2, 0.25) is 0 Å².